The van der Waals surface area contributed by atoms with Gasteiger partial charge in [-0.1, -0.05) is 31.3 Å². The molecule has 3 aromatic rings. The van der Waals surface area contributed by atoms with Crippen LogP contribution in [0.2, 0.25) is 0 Å². The van der Waals surface area contributed by atoms with Gasteiger partial charge in [-0.05, 0) is 32.1 Å². The van der Waals surface area contributed by atoms with Crippen LogP contribution in [0.5, 0.6) is 17.2 Å². The quantitative estimate of drug-likeness (QED) is 0.261. The van der Waals surface area contributed by atoms with Crippen LogP contribution in [-0.2, 0) is 0 Å². The van der Waals surface area contributed by atoms with Crippen LogP contribution in [0, 0.1) is 10.1 Å². The SMILES string of the molecule is CCOc1cccc2sc(N(CCN(CC)CC)C(=O)c3cc(OC)c(OC)cc3[N+](=O)[O-])nc12. The van der Waals surface area contributed by atoms with E-state index >= 15 is 0 Å². The number of nitro groups is 1. The van der Waals surface area contributed by atoms with E-state index in [1.165, 1.54) is 42.6 Å². The van der Waals surface area contributed by atoms with Crippen molar-refractivity contribution in [3.05, 3.63) is 46.0 Å². The Bertz CT molecular complexity index is 1190. The molecule has 10 nitrogen and oxygen atoms in total. The summed E-state index contributed by atoms with van der Waals surface area (Å²) in [4.78, 5) is 33.5. The number of para-hydroxylation sites is 1. The van der Waals surface area contributed by atoms with Gasteiger partial charge in [0.1, 0.15) is 16.8 Å². The fourth-order valence-corrected chi connectivity index (χ4v) is 4.71. The van der Waals surface area contributed by atoms with Crippen molar-refractivity contribution in [1.82, 2.24) is 9.88 Å². The van der Waals surface area contributed by atoms with Gasteiger partial charge in [0.2, 0.25) is 0 Å². The van der Waals surface area contributed by atoms with Crippen LogP contribution >= 0.6 is 11.3 Å². The molecule has 1 heterocycles. The van der Waals surface area contributed by atoms with E-state index in [1.54, 1.807) is 0 Å². The zero-order valence-electron chi connectivity index (χ0n) is 20.6. The lowest BCUT2D eigenvalue weighted by atomic mass is 10.1. The minimum Gasteiger partial charge on any atom is -0.493 e. The van der Waals surface area contributed by atoms with Crippen molar-refractivity contribution in [3.63, 3.8) is 0 Å². The maximum Gasteiger partial charge on any atom is 0.286 e. The van der Waals surface area contributed by atoms with Gasteiger partial charge >= 0.3 is 0 Å². The van der Waals surface area contributed by atoms with Crippen LogP contribution in [0.1, 0.15) is 31.1 Å². The van der Waals surface area contributed by atoms with Crippen LogP contribution in [-0.4, -0.2) is 67.7 Å². The first-order valence-corrected chi connectivity index (χ1v) is 12.2. The number of likely N-dealkylation sites (N-methyl/N-ethyl adjacent to an activating group) is 1. The molecule has 0 bridgehead atoms. The molecule has 0 saturated heterocycles. The molecule has 0 saturated carbocycles. The second-order valence-corrected chi connectivity index (χ2v) is 8.51. The van der Waals surface area contributed by atoms with Gasteiger partial charge in [0.05, 0.1) is 36.5 Å². The summed E-state index contributed by atoms with van der Waals surface area (Å²) in [5.41, 5.74) is 0.185. The first-order chi connectivity index (χ1) is 16.9. The Morgan fingerprint density at radius 1 is 1.06 bits per heavy atom. The van der Waals surface area contributed by atoms with E-state index in [0.29, 0.717) is 36.1 Å². The summed E-state index contributed by atoms with van der Waals surface area (Å²) in [6.45, 7) is 8.95. The second-order valence-electron chi connectivity index (χ2n) is 7.50. The fraction of sp³-hybridized carbons (Fsp3) is 0.417. The minimum absolute atomic E-state index is 0.100. The van der Waals surface area contributed by atoms with E-state index in [2.05, 4.69) is 4.90 Å². The lowest BCUT2D eigenvalue weighted by Crippen LogP contribution is -2.39. The maximum atomic E-state index is 13.9. The molecule has 0 N–H and O–H groups in total. The van der Waals surface area contributed by atoms with Gasteiger partial charge in [-0.25, -0.2) is 4.98 Å². The second kappa shape index (κ2) is 11.8. The van der Waals surface area contributed by atoms with E-state index in [0.717, 1.165) is 17.8 Å². The summed E-state index contributed by atoms with van der Waals surface area (Å²) in [7, 11) is 2.80. The van der Waals surface area contributed by atoms with Gasteiger partial charge < -0.3 is 19.1 Å². The number of fused-ring (bicyclic) bond motifs is 1. The molecule has 1 aromatic heterocycles. The topological polar surface area (TPSA) is 107 Å². The highest BCUT2D eigenvalue weighted by molar-refractivity contribution is 7.22. The van der Waals surface area contributed by atoms with Crippen molar-refractivity contribution < 1.29 is 23.9 Å². The number of hydrogen-bond donors (Lipinski definition) is 0. The predicted octanol–water partition coefficient (Wildman–Crippen LogP) is 4.61. The Hall–Kier alpha value is -3.44. The van der Waals surface area contributed by atoms with E-state index in [9.17, 15) is 14.9 Å². The average molecular weight is 503 g/mol. The monoisotopic (exact) mass is 502 g/mol. The van der Waals surface area contributed by atoms with Gasteiger partial charge in [-0.2, -0.15) is 0 Å². The Kier molecular flexibility index (Phi) is 8.83. The molecule has 11 heteroatoms. The zero-order chi connectivity index (χ0) is 25.5. The molecule has 0 spiro atoms. The number of benzene rings is 2. The molecule has 0 atom stereocenters. The van der Waals surface area contributed by atoms with Gasteiger partial charge in [-0.3, -0.25) is 19.8 Å². The zero-order valence-corrected chi connectivity index (χ0v) is 21.4. The highest BCUT2D eigenvalue weighted by Gasteiger charge is 2.30. The number of ether oxygens (including phenoxy) is 3. The van der Waals surface area contributed by atoms with Crippen molar-refractivity contribution in [2.75, 3.05) is 51.9 Å². The molecule has 1 amide bonds. The number of aromatic nitrogens is 1. The van der Waals surface area contributed by atoms with Gasteiger partial charge in [0.25, 0.3) is 11.6 Å². The summed E-state index contributed by atoms with van der Waals surface area (Å²) >= 11 is 1.34. The number of methoxy groups -OCH3 is 2. The fourth-order valence-electron chi connectivity index (χ4n) is 3.70. The summed E-state index contributed by atoms with van der Waals surface area (Å²) in [5.74, 6) is 0.488. The lowest BCUT2D eigenvalue weighted by molar-refractivity contribution is -0.385. The largest absolute Gasteiger partial charge is 0.493 e. The third-order valence-corrected chi connectivity index (χ3v) is 6.65. The van der Waals surface area contributed by atoms with Crippen molar-refractivity contribution in [2.45, 2.75) is 20.8 Å². The van der Waals surface area contributed by atoms with Crippen LogP contribution < -0.4 is 19.1 Å². The molecule has 0 fully saturated rings. The van der Waals surface area contributed by atoms with Crippen molar-refractivity contribution in [3.8, 4) is 17.2 Å². The maximum absolute atomic E-state index is 13.9. The van der Waals surface area contributed by atoms with Gasteiger partial charge in [0.15, 0.2) is 16.6 Å². The molecule has 0 unspecified atom stereocenters. The van der Waals surface area contributed by atoms with Crippen LogP contribution in [0.15, 0.2) is 30.3 Å². The Morgan fingerprint density at radius 2 is 1.74 bits per heavy atom. The highest BCUT2D eigenvalue weighted by atomic mass is 32.1. The van der Waals surface area contributed by atoms with E-state index in [-0.39, 0.29) is 22.7 Å². The molecule has 0 aliphatic rings. The molecule has 188 valence electrons. The molecule has 0 radical (unpaired) electrons. The summed E-state index contributed by atoms with van der Waals surface area (Å²) in [6.07, 6.45) is 0. The number of hydrogen-bond acceptors (Lipinski definition) is 9. The lowest BCUT2D eigenvalue weighted by Gasteiger charge is -2.25. The third kappa shape index (κ3) is 5.63. The summed E-state index contributed by atoms with van der Waals surface area (Å²) in [6, 6.07) is 8.17. The van der Waals surface area contributed by atoms with Crippen molar-refractivity contribution in [2.24, 2.45) is 0 Å². The number of rotatable bonds is 12. The number of amides is 1. The standard InChI is InChI=1S/C24H30N4O6S/c1-6-26(7-2)12-13-27(24-25-22-18(34-8-3)10-9-11-21(22)35-24)23(29)16-14-19(32-4)20(33-5)15-17(16)28(30)31/h9-11,14-15H,6-8,12-13H2,1-5H3. The molecule has 0 aliphatic carbocycles. The van der Waals surface area contributed by atoms with Crippen molar-refractivity contribution >= 4 is 38.3 Å². The smallest absolute Gasteiger partial charge is 0.286 e. The number of nitro benzene ring substituents is 1. The Labute approximate surface area is 208 Å². The number of anilines is 1. The molecular formula is C24H30N4O6S. The molecular weight excluding hydrogens is 472 g/mol. The average Bonchev–Trinajstić information content (AvgIpc) is 3.30. The highest BCUT2D eigenvalue weighted by Crippen LogP contribution is 2.38. The number of carbonyl (C=O) groups is 1. The Morgan fingerprint density at radius 3 is 2.34 bits per heavy atom. The number of thiazole rings is 1. The summed E-state index contributed by atoms with van der Waals surface area (Å²) < 4.78 is 17.1. The predicted molar refractivity (Wildman–Crippen MR) is 136 cm³/mol. The van der Waals surface area contributed by atoms with Crippen LogP contribution in [0.25, 0.3) is 10.2 Å². The first kappa shape index (κ1) is 26.2. The van der Waals surface area contributed by atoms with Crippen LogP contribution in [0.3, 0.4) is 0 Å². The first-order valence-electron chi connectivity index (χ1n) is 11.3. The molecule has 3 rings (SSSR count). The van der Waals surface area contributed by atoms with Gasteiger partial charge in [-0.15, -0.1) is 0 Å². The van der Waals surface area contributed by atoms with E-state index in [4.69, 9.17) is 19.2 Å². The van der Waals surface area contributed by atoms with E-state index in [1.807, 2.05) is 39.0 Å². The number of carbonyl (C=O) groups excluding carboxylic acids is 1. The normalized spacial score (nSPS) is 11.0. The molecule has 35 heavy (non-hydrogen) atoms. The summed E-state index contributed by atoms with van der Waals surface area (Å²) in [5, 5.41) is 12.3. The third-order valence-electron chi connectivity index (χ3n) is 5.61. The van der Waals surface area contributed by atoms with Gasteiger partial charge in [0, 0.05) is 19.2 Å². The number of nitrogens with zero attached hydrogens (tertiary/aromatic N) is 4. The Balaban J connectivity index is 2.13. The van der Waals surface area contributed by atoms with Crippen LogP contribution in [0.4, 0.5) is 10.8 Å². The van der Waals surface area contributed by atoms with E-state index < -0.39 is 10.8 Å². The molecule has 0 aliphatic heterocycles. The molecule has 2 aromatic carbocycles. The minimum atomic E-state index is -0.594. The van der Waals surface area contributed by atoms with Crippen molar-refractivity contribution in [1.29, 1.82) is 0 Å².